The third-order valence-corrected chi connectivity index (χ3v) is 2.09. The highest BCUT2D eigenvalue weighted by atomic mass is 16.1. The molecule has 0 bridgehead atoms. The summed E-state index contributed by atoms with van der Waals surface area (Å²) in [6.07, 6.45) is 2.26. The maximum absolute atomic E-state index is 11.3. The quantitative estimate of drug-likeness (QED) is 0.701. The fourth-order valence-corrected chi connectivity index (χ4v) is 1.07. The maximum atomic E-state index is 11.3. The molecule has 1 N–H and O–H groups in total. The molecular weight excluding hydrogens is 162 g/mol. The minimum absolute atomic E-state index is 0.0986. The third kappa shape index (κ3) is 6.62. The summed E-state index contributed by atoms with van der Waals surface area (Å²) in [5, 5.41) is 3.00. The molecule has 0 aromatic carbocycles. The van der Waals surface area contributed by atoms with Gasteiger partial charge in [-0.25, -0.2) is 0 Å². The highest BCUT2D eigenvalue weighted by molar-refractivity contribution is 5.78. The van der Waals surface area contributed by atoms with Gasteiger partial charge in [0.2, 0.25) is 5.91 Å². The van der Waals surface area contributed by atoms with Crippen LogP contribution >= 0.6 is 0 Å². The normalized spacial score (nSPS) is 13.5. The van der Waals surface area contributed by atoms with Crippen LogP contribution in [0.2, 0.25) is 0 Å². The SMILES string of the molecule is CC(C)CCC(C)NC(=O)C(C)C. The van der Waals surface area contributed by atoms with Crippen molar-refractivity contribution >= 4 is 5.91 Å². The van der Waals surface area contributed by atoms with Crippen LogP contribution in [0.1, 0.15) is 47.5 Å². The number of carbonyl (C=O) groups excluding carboxylic acids is 1. The van der Waals surface area contributed by atoms with Crippen molar-refractivity contribution in [3.63, 3.8) is 0 Å². The number of rotatable bonds is 5. The molecule has 0 aliphatic rings. The summed E-state index contributed by atoms with van der Waals surface area (Å²) in [5.74, 6) is 0.983. The van der Waals surface area contributed by atoms with Gasteiger partial charge in [-0.05, 0) is 25.7 Å². The number of hydrogen-bond donors (Lipinski definition) is 1. The molecule has 2 heteroatoms. The Morgan fingerprint density at radius 2 is 1.62 bits per heavy atom. The van der Waals surface area contributed by atoms with Gasteiger partial charge in [0.15, 0.2) is 0 Å². The lowest BCUT2D eigenvalue weighted by Crippen LogP contribution is -2.35. The van der Waals surface area contributed by atoms with Gasteiger partial charge in [-0.15, -0.1) is 0 Å². The molecule has 0 aromatic rings. The first kappa shape index (κ1) is 12.5. The second-order valence-electron chi connectivity index (χ2n) is 4.54. The largest absolute Gasteiger partial charge is 0.353 e. The molecule has 78 valence electrons. The minimum atomic E-state index is 0.0986. The van der Waals surface area contributed by atoms with E-state index >= 15 is 0 Å². The minimum Gasteiger partial charge on any atom is -0.353 e. The summed E-state index contributed by atoms with van der Waals surface area (Å²) >= 11 is 0. The van der Waals surface area contributed by atoms with Crippen molar-refractivity contribution in [2.24, 2.45) is 11.8 Å². The summed E-state index contributed by atoms with van der Waals surface area (Å²) in [4.78, 5) is 11.3. The van der Waals surface area contributed by atoms with Gasteiger partial charge < -0.3 is 5.32 Å². The van der Waals surface area contributed by atoms with E-state index < -0.39 is 0 Å². The van der Waals surface area contributed by atoms with E-state index in [0.29, 0.717) is 6.04 Å². The fraction of sp³-hybridized carbons (Fsp3) is 0.909. The van der Waals surface area contributed by atoms with E-state index in [1.165, 1.54) is 6.42 Å². The molecule has 1 amide bonds. The molecule has 0 rings (SSSR count). The van der Waals surface area contributed by atoms with Crippen LogP contribution in [0.5, 0.6) is 0 Å². The van der Waals surface area contributed by atoms with E-state index in [4.69, 9.17) is 0 Å². The first-order valence-corrected chi connectivity index (χ1v) is 5.23. The molecule has 0 heterocycles. The van der Waals surface area contributed by atoms with E-state index in [1.807, 2.05) is 13.8 Å². The first-order chi connectivity index (χ1) is 5.93. The van der Waals surface area contributed by atoms with E-state index in [9.17, 15) is 4.79 Å². The second-order valence-corrected chi connectivity index (χ2v) is 4.54. The summed E-state index contributed by atoms with van der Waals surface area (Å²) in [6.45, 7) is 10.3. The van der Waals surface area contributed by atoms with Crippen molar-refractivity contribution in [2.75, 3.05) is 0 Å². The molecular formula is C11H23NO. The molecule has 0 spiro atoms. The van der Waals surface area contributed by atoms with Gasteiger partial charge in [-0.2, -0.15) is 0 Å². The second kappa shape index (κ2) is 6.01. The van der Waals surface area contributed by atoms with Gasteiger partial charge in [0.25, 0.3) is 0 Å². The average Bonchev–Trinajstić information content (AvgIpc) is 2.00. The highest BCUT2D eigenvalue weighted by Gasteiger charge is 2.10. The molecule has 0 aliphatic carbocycles. The molecule has 1 unspecified atom stereocenters. The molecule has 13 heavy (non-hydrogen) atoms. The van der Waals surface area contributed by atoms with Gasteiger partial charge in [0.05, 0.1) is 0 Å². The van der Waals surface area contributed by atoms with E-state index in [0.717, 1.165) is 12.3 Å². The lowest BCUT2D eigenvalue weighted by molar-refractivity contribution is -0.124. The van der Waals surface area contributed by atoms with Crippen molar-refractivity contribution in [2.45, 2.75) is 53.5 Å². The van der Waals surface area contributed by atoms with Crippen LogP contribution in [-0.4, -0.2) is 11.9 Å². The molecule has 0 saturated carbocycles. The fourth-order valence-electron chi connectivity index (χ4n) is 1.07. The van der Waals surface area contributed by atoms with Crippen LogP contribution in [0, 0.1) is 11.8 Å². The van der Waals surface area contributed by atoms with Crippen LogP contribution in [-0.2, 0) is 4.79 Å². The molecule has 1 atom stereocenters. The van der Waals surface area contributed by atoms with Crippen molar-refractivity contribution in [3.8, 4) is 0 Å². The first-order valence-electron chi connectivity index (χ1n) is 5.23. The number of carbonyl (C=O) groups is 1. The summed E-state index contributed by atoms with van der Waals surface area (Å²) in [7, 11) is 0. The predicted molar refractivity (Wildman–Crippen MR) is 56.5 cm³/mol. The zero-order valence-electron chi connectivity index (χ0n) is 9.55. The zero-order chi connectivity index (χ0) is 10.4. The highest BCUT2D eigenvalue weighted by Crippen LogP contribution is 2.06. The van der Waals surface area contributed by atoms with Crippen LogP contribution in [0.25, 0.3) is 0 Å². The lowest BCUT2D eigenvalue weighted by Gasteiger charge is -2.16. The Kier molecular flexibility index (Phi) is 5.76. The molecule has 0 aliphatic heterocycles. The average molecular weight is 185 g/mol. The summed E-state index contributed by atoms with van der Waals surface area (Å²) in [5.41, 5.74) is 0. The topological polar surface area (TPSA) is 29.1 Å². The Bertz CT molecular complexity index is 152. The Morgan fingerprint density at radius 1 is 1.08 bits per heavy atom. The van der Waals surface area contributed by atoms with Crippen LogP contribution < -0.4 is 5.32 Å². The summed E-state index contributed by atoms with van der Waals surface area (Å²) < 4.78 is 0. The van der Waals surface area contributed by atoms with E-state index in [1.54, 1.807) is 0 Å². The van der Waals surface area contributed by atoms with Crippen LogP contribution in [0.3, 0.4) is 0 Å². The Hall–Kier alpha value is -0.530. The standard InChI is InChI=1S/C11H23NO/c1-8(2)6-7-10(5)12-11(13)9(3)4/h8-10H,6-7H2,1-5H3,(H,12,13). The van der Waals surface area contributed by atoms with E-state index in [-0.39, 0.29) is 11.8 Å². The van der Waals surface area contributed by atoms with Crippen molar-refractivity contribution in [3.05, 3.63) is 0 Å². The zero-order valence-corrected chi connectivity index (χ0v) is 9.55. The van der Waals surface area contributed by atoms with Crippen LogP contribution in [0.4, 0.5) is 0 Å². The molecule has 2 nitrogen and oxygen atoms in total. The van der Waals surface area contributed by atoms with Gasteiger partial charge in [0, 0.05) is 12.0 Å². The van der Waals surface area contributed by atoms with Gasteiger partial charge in [-0.3, -0.25) is 4.79 Å². The van der Waals surface area contributed by atoms with Crippen molar-refractivity contribution in [1.29, 1.82) is 0 Å². The molecule has 0 radical (unpaired) electrons. The molecule has 0 aromatic heterocycles. The van der Waals surface area contributed by atoms with E-state index in [2.05, 4.69) is 26.1 Å². The number of nitrogens with one attached hydrogen (secondary N) is 1. The predicted octanol–water partition coefficient (Wildman–Crippen LogP) is 2.58. The van der Waals surface area contributed by atoms with Gasteiger partial charge in [-0.1, -0.05) is 27.7 Å². The smallest absolute Gasteiger partial charge is 0.222 e. The Balaban J connectivity index is 3.62. The van der Waals surface area contributed by atoms with Crippen LogP contribution in [0.15, 0.2) is 0 Å². The number of hydrogen-bond acceptors (Lipinski definition) is 1. The van der Waals surface area contributed by atoms with Crippen molar-refractivity contribution < 1.29 is 4.79 Å². The maximum Gasteiger partial charge on any atom is 0.222 e. The lowest BCUT2D eigenvalue weighted by atomic mass is 10.0. The van der Waals surface area contributed by atoms with Gasteiger partial charge >= 0.3 is 0 Å². The Morgan fingerprint density at radius 3 is 2.00 bits per heavy atom. The Labute approximate surface area is 82.1 Å². The molecule has 0 saturated heterocycles. The van der Waals surface area contributed by atoms with Crippen molar-refractivity contribution in [1.82, 2.24) is 5.32 Å². The number of amides is 1. The monoisotopic (exact) mass is 185 g/mol. The van der Waals surface area contributed by atoms with Gasteiger partial charge in [0.1, 0.15) is 0 Å². The molecule has 0 fully saturated rings. The summed E-state index contributed by atoms with van der Waals surface area (Å²) in [6, 6.07) is 0.317. The third-order valence-electron chi connectivity index (χ3n) is 2.09.